The Morgan fingerprint density at radius 3 is 2.53 bits per heavy atom. The fourth-order valence-electron chi connectivity index (χ4n) is 4.34. The summed E-state index contributed by atoms with van der Waals surface area (Å²) >= 11 is 1.58. The van der Waals surface area contributed by atoms with E-state index in [1.165, 1.54) is 5.56 Å². The van der Waals surface area contributed by atoms with Gasteiger partial charge in [-0.1, -0.05) is 47.2 Å². The maximum Gasteiger partial charge on any atom is 0.229 e. The van der Waals surface area contributed by atoms with Crippen molar-refractivity contribution < 1.29 is 4.79 Å². The van der Waals surface area contributed by atoms with Crippen molar-refractivity contribution in [2.75, 3.05) is 23.3 Å². The van der Waals surface area contributed by atoms with E-state index in [-0.39, 0.29) is 11.8 Å². The van der Waals surface area contributed by atoms with Gasteiger partial charge in [0.1, 0.15) is 0 Å². The standard InChI is InChI=1S/C25H27N5OS/c1-16-6-8-19(9-7-16)22-15-30-24(27-22)32-25(28-30)29-10-4-5-20(14-29)23(31)26-21-12-17(2)11-18(3)13-21/h6-9,11-13,15,20H,4-5,10,14H2,1-3H3,(H,26,31). The van der Waals surface area contributed by atoms with E-state index in [1.807, 2.05) is 36.7 Å². The van der Waals surface area contributed by atoms with Crippen LogP contribution in [0.3, 0.4) is 0 Å². The highest BCUT2D eigenvalue weighted by Gasteiger charge is 2.28. The van der Waals surface area contributed by atoms with Gasteiger partial charge in [0, 0.05) is 24.3 Å². The summed E-state index contributed by atoms with van der Waals surface area (Å²) in [6, 6.07) is 14.5. The average Bonchev–Trinajstić information content (AvgIpc) is 3.33. The highest BCUT2D eigenvalue weighted by atomic mass is 32.1. The summed E-state index contributed by atoms with van der Waals surface area (Å²) in [5.41, 5.74) is 6.44. The fourth-order valence-corrected chi connectivity index (χ4v) is 5.25. The number of nitrogens with zero attached hydrogens (tertiary/aromatic N) is 4. The van der Waals surface area contributed by atoms with Gasteiger partial charge in [-0.3, -0.25) is 4.79 Å². The number of benzene rings is 2. The van der Waals surface area contributed by atoms with Gasteiger partial charge in [0.15, 0.2) is 0 Å². The first kappa shape index (κ1) is 20.7. The molecule has 1 saturated heterocycles. The van der Waals surface area contributed by atoms with Crippen LogP contribution in [0.5, 0.6) is 0 Å². The SMILES string of the molecule is Cc1ccc(-c2cn3nc(N4CCCC(C(=O)Nc5cc(C)cc(C)c5)C4)sc3n2)cc1. The molecule has 164 valence electrons. The zero-order valence-electron chi connectivity index (χ0n) is 18.6. The molecule has 4 aromatic rings. The molecule has 3 heterocycles. The number of nitrogens with one attached hydrogen (secondary N) is 1. The van der Waals surface area contributed by atoms with Gasteiger partial charge in [-0.05, 0) is 56.9 Å². The van der Waals surface area contributed by atoms with Gasteiger partial charge >= 0.3 is 0 Å². The Morgan fingerprint density at radius 1 is 1.06 bits per heavy atom. The first-order valence-corrected chi connectivity index (χ1v) is 11.8. The minimum atomic E-state index is -0.0519. The molecule has 1 unspecified atom stereocenters. The van der Waals surface area contributed by atoms with Gasteiger partial charge in [-0.15, -0.1) is 5.10 Å². The van der Waals surface area contributed by atoms with Gasteiger partial charge in [-0.2, -0.15) is 0 Å². The molecule has 1 N–H and O–H groups in total. The van der Waals surface area contributed by atoms with Crippen LogP contribution in [0.4, 0.5) is 10.8 Å². The van der Waals surface area contributed by atoms with Gasteiger partial charge in [-0.25, -0.2) is 9.50 Å². The maximum absolute atomic E-state index is 12.9. The number of carbonyl (C=O) groups is 1. The first-order valence-electron chi connectivity index (χ1n) is 11.0. The molecule has 0 radical (unpaired) electrons. The molecule has 2 aromatic heterocycles. The molecule has 2 aromatic carbocycles. The van der Waals surface area contributed by atoms with Crippen LogP contribution in [-0.4, -0.2) is 33.6 Å². The number of anilines is 2. The highest BCUT2D eigenvalue weighted by molar-refractivity contribution is 7.20. The molecule has 1 fully saturated rings. The number of aryl methyl sites for hydroxylation is 3. The van der Waals surface area contributed by atoms with Gasteiger partial charge in [0.05, 0.1) is 17.8 Å². The van der Waals surface area contributed by atoms with E-state index in [2.05, 4.69) is 47.5 Å². The van der Waals surface area contributed by atoms with Crippen molar-refractivity contribution in [1.82, 2.24) is 14.6 Å². The Bertz CT molecular complexity index is 1220. The number of rotatable bonds is 4. The molecule has 0 bridgehead atoms. The minimum absolute atomic E-state index is 0.0519. The summed E-state index contributed by atoms with van der Waals surface area (Å²) in [5.74, 6) is 0.0339. The summed E-state index contributed by atoms with van der Waals surface area (Å²) in [5, 5.41) is 8.81. The second-order valence-corrected chi connectivity index (χ2v) is 9.69. The third-order valence-electron chi connectivity index (χ3n) is 5.93. The van der Waals surface area contributed by atoms with Crippen molar-refractivity contribution in [3.63, 3.8) is 0 Å². The van der Waals surface area contributed by atoms with Crippen LogP contribution < -0.4 is 10.2 Å². The van der Waals surface area contributed by atoms with Crippen LogP contribution in [0.25, 0.3) is 16.2 Å². The molecular weight excluding hydrogens is 418 g/mol. The number of imidazole rings is 1. The molecule has 32 heavy (non-hydrogen) atoms. The quantitative estimate of drug-likeness (QED) is 0.467. The number of aromatic nitrogens is 3. The lowest BCUT2D eigenvalue weighted by molar-refractivity contribution is -0.120. The van der Waals surface area contributed by atoms with Crippen LogP contribution in [0, 0.1) is 26.7 Å². The summed E-state index contributed by atoms with van der Waals surface area (Å²) in [6.45, 7) is 7.77. The maximum atomic E-state index is 12.9. The summed E-state index contributed by atoms with van der Waals surface area (Å²) in [6.07, 6.45) is 3.85. The summed E-state index contributed by atoms with van der Waals surface area (Å²) < 4.78 is 1.86. The van der Waals surface area contributed by atoms with Crippen LogP contribution in [0.2, 0.25) is 0 Å². The molecule has 1 aliphatic heterocycles. The van der Waals surface area contributed by atoms with Crippen molar-refractivity contribution in [2.24, 2.45) is 5.92 Å². The van der Waals surface area contributed by atoms with E-state index < -0.39 is 0 Å². The zero-order valence-corrected chi connectivity index (χ0v) is 19.4. The van der Waals surface area contributed by atoms with Crippen molar-refractivity contribution in [3.8, 4) is 11.3 Å². The summed E-state index contributed by atoms with van der Waals surface area (Å²) in [7, 11) is 0. The Hall–Kier alpha value is -3.19. The molecule has 0 spiro atoms. The Kier molecular flexibility index (Phi) is 5.43. The Morgan fingerprint density at radius 2 is 1.81 bits per heavy atom. The van der Waals surface area contributed by atoms with Gasteiger partial charge < -0.3 is 10.2 Å². The molecule has 0 saturated carbocycles. The molecule has 0 aliphatic carbocycles. The Labute approximate surface area is 191 Å². The monoisotopic (exact) mass is 445 g/mol. The highest BCUT2D eigenvalue weighted by Crippen LogP contribution is 2.30. The van der Waals surface area contributed by atoms with E-state index in [0.29, 0.717) is 6.54 Å². The van der Waals surface area contributed by atoms with Crippen molar-refractivity contribution >= 4 is 33.0 Å². The van der Waals surface area contributed by atoms with Crippen molar-refractivity contribution in [1.29, 1.82) is 0 Å². The van der Waals surface area contributed by atoms with Crippen LogP contribution >= 0.6 is 11.3 Å². The largest absolute Gasteiger partial charge is 0.346 e. The number of piperidine rings is 1. The number of fused-ring (bicyclic) bond motifs is 1. The Balaban J connectivity index is 1.29. The van der Waals surface area contributed by atoms with Crippen LogP contribution in [-0.2, 0) is 4.79 Å². The molecule has 7 heteroatoms. The molecule has 6 nitrogen and oxygen atoms in total. The normalized spacial score (nSPS) is 16.5. The molecule has 1 aliphatic rings. The van der Waals surface area contributed by atoms with Crippen LogP contribution in [0.15, 0.2) is 48.7 Å². The van der Waals surface area contributed by atoms with E-state index in [0.717, 1.165) is 57.6 Å². The predicted molar refractivity (Wildman–Crippen MR) is 131 cm³/mol. The number of hydrogen-bond donors (Lipinski definition) is 1. The minimum Gasteiger partial charge on any atom is -0.346 e. The van der Waals surface area contributed by atoms with Crippen molar-refractivity contribution in [2.45, 2.75) is 33.6 Å². The van der Waals surface area contributed by atoms with Crippen LogP contribution in [0.1, 0.15) is 29.5 Å². The fraction of sp³-hybridized carbons (Fsp3) is 0.320. The molecule has 1 amide bonds. The second-order valence-electron chi connectivity index (χ2n) is 8.75. The van der Waals surface area contributed by atoms with Gasteiger partial charge in [0.25, 0.3) is 0 Å². The topological polar surface area (TPSA) is 62.5 Å². The first-order chi connectivity index (χ1) is 15.4. The van der Waals surface area contributed by atoms with E-state index in [1.54, 1.807) is 11.3 Å². The lowest BCUT2D eigenvalue weighted by Crippen LogP contribution is -2.40. The molecule has 5 rings (SSSR count). The zero-order chi connectivity index (χ0) is 22.2. The number of amides is 1. The third kappa shape index (κ3) is 4.25. The number of carbonyl (C=O) groups excluding carboxylic acids is 1. The van der Waals surface area contributed by atoms with E-state index >= 15 is 0 Å². The second kappa shape index (κ2) is 8.39. The predicted octanol–water partition coefficient (Wildman–Crippen LogP) is 5.24. The molecular formula is C25H27N5OS. The average molecular weight is 446 g/mol. The van der Waals surface area contributed by atoms with Crippen molar-refractivity contribution in [3.05, 3.63) is 65.4 Å². The van der Waals surface area contributed by atoms with Gasteiger partial charge in [0.2, 0.25) is 16.0 Å². The third-order valence-corrected chi connectivity index (χ3v) is 6.92. The number of hydrogen-bond acceptors (Lipinski definition) is 5. The lowest BCUT2D eigenvalue weighted by atomic mass is 9.97. The summed E-state index contributed by atoms with van der Waals surface area (Å²) in [4.78, 5) is 20.8. The van der Waals surface area contributed by atoms with E-state index in [4.69, 9.17) is 10.1 Å². The molecule has 1 atom stereocenters. The van der Waals surface area contributed by atoms with E-state index in [9.17, 15) is 4.79 Å². The smallest absolute Gasteiger partial charge is 0.229 e. The lowest BCUT2D eigenvalue weighted by Gasteiger charge is -2.31.